The highest BCUT2D eigenvalue weighted by molar-refractivity contribution is 7.99. The second kappa shape index (κ2) is 8.98. The van der Waals surface area contributed by atoms with Gasteiger partial charge in [-0.1, -0.05) is 25.6 Å². The van der Waals surface area contributed by atoms with E-state index in [0.717, 1.165) is 37.8 Å². The number of hydrogen-bond donors (Lipinski definition) is 1. The highest BCUT2D eigenvalue weighted by Gasteiger charge is 2.05. The van der Waals surface area contributed by atoms with Crippen LogP contribution in [0.25, 0.3) is 0 Å². The van der Waals surface area contributed by atoms with Crippen LogP contribution in [0.15, 0.2) is 17.6 Å². The molecule has 0 fully saturated rings. The second-order valence-electron chi connectivity index (χ2n) is 4.34. The first-order valence-electron chi connectivity index (χ1n) is 6.76. The molecule has 1 heterocycles. The summed E-state index contributed by atoms with van der Waals surface area (Å²) in [5, 5.41) is 3.82. The monoisotopic (exact) mass is 284 g/mol. The third-order valence-corrected chi connectivity index (χ3v) is 4.04. The molecule has 0 saturated carbocycles. The quantitative estimate of drug-likeness (QED) is 0.549. The van der Waals surface area contributed by atoms with Crippen LogP contribution in [0, 0.1) is 0 Å². The molecule has 1 rings (SSSR count). The number of carbonyl (C=O) groups excluding carboxylic acids is 1. The van der Waals surface area contributed by atoms with E-state index in [1.807, 2.05) is 17.8 Å². The number of nitrogens with one attached hydrogen (secondary N) is 1. The maximum absolute atomic E-state index is 11.7. The molecular formula is C13H24N4OS. The second-order valence-corrected chi connectivity index (χ2v) is 5.28. The predicted octanol–water partition coefficient (Wildman–Crippen LogP) is 1.36. The molecular weight excluding hydrogens is 260 g/mol. The number of hydrogen-bond acceptors (Lipinski definition) is 4. The molecule has 108 valence electrons. The van der Waals surface area contributed by atoms with Gasteiger partial charge < -0.3 is 14.8 Å². The third-order valence-electron chi connectivity index (χ3n) is 2.98. The van der Waals surface area contributed by atoms with Gasteiger partial charge >= 0.3 is 0 Å². The summed E-state index contributed by atoms with van der Waals surface area (Å²) < 4.78 is 1.92. The van der Waals surface area contributed by atoms with Crippen molar-refractivity contribution in [2.75, 3.05) is 31.9 Å². The zero-order chi connectivity index (χ0) is 14.1. The van der Waals surface area contributed by atoms with Crippen molar-refractivity contribution in [2.24, 2.45) is 7.05 Å². The molecule has 0 aliphatic carbocycles. The molecule has 0 radical (unpaired) electrons. The Kier molecular flexibility index (Phi) is 7.59. The maximum Gasteiger partial charge on any atom is 0.230 e. The van der Waals surface area contributed by atoms with E-state index < -0.39 is 0 Å². The zero-order valence-electron chi connectivity index (χ0n) is 12.1. The molecule has 5 nitrogen and oxygen atoms in total. The Hall–Kier alpha value is -1.01. The van der Waals surface area contributed by atoms with Crippen molar-refractivity contribution < 1.29 is 4.79 Å². The van der Waals surface area contributed by atoms with Crippen molar-refractivity contribution in [3.8, 4) is 0 Å². The molecule has 1 amide bonds. The molecule has 0 aliphatic heterocycles. The van der Waals surface area contributed by atoms with E-state index in [-0.39, 0.29) is 5.91 Å². The third kappa shape index (κ3) is 6.11. The fraction of sp³-hybridized carbons (Fsp3) is 0.692. The highest BCUT2D eigenvalue weighted by Crippen LogP contribution is 2.13. The number of aryl methyl sites for hydroxylation is 1. The molecule has 0 spiro atoms. The summed E-state index contributed by atoms with van der Waals surface area (Å²) in [6, 6.07) is 0. The highest BCUT2D eigenvalue weighted by atomic mass is 32.2. The Morgan fingerprint density at radius 2 is 2.21 bits per heavy atom. The number of amides is 1. The molecule has 0 unspecified atom stereocenters. The Balaban J connectivity index is 2.10. The molecule has 19 heavy (non-hydrogen) atoms. The van der Waals surface area contributed by atoms with E-state index in [0.29, 0.717) is 5.75 Å². The Morgan fingerprint density at radius 1 is 1.47 bits per heavy atom. The molecule has 0 bridgehead atoms. The average molecular weight is 284 g/mol. The van der Waals surface area contributed by atoms with Crippen molar-refractivity contribution in [3.63, 3.8) is 0 Å². The van der Waals surface area contributed by atoms with Crippen LogP contribution in [0.1, 0.15) is 20.3 Å². The first-order chi connectivity index (χ1) is 9.17. The molecule has 0 atom stereocenters. The normalized spacial score (nSPS) is 10.9. The summed E-state index contributed by atoms with van der Waals surface area (Å²) in [6.07, 6.45) is 4.62. The summed E-state index contributed by atoms with van der Waals surface area (Å²) in [4.78, 5) is 18.2. The summed E-state index contributed by atoms with van der Waals surface area (Å²) in [5.41, 5.74) is 0. The largest absolute Gasteiger partial charge is 0.355 e. The summed E-state index contributed by atoms with van der Waals surface area (Å²) in [6.45, 7) is 8.24. The summed E-state index contributed by atoms with van der Waals surface area (Å²) in [5.74, 6) is 0.503. The molecule has 1 N–H and O–H groups in total. The van der Waals surface area contributed by atoms with E-state index in [9.17, 15) is 4.79 Å². The Labute approximate surface area is 119 Å². The van der Waals surface area contributed by atoms with Crippen LogP contribution in [0.4, 0.5) is 0 Å². The maximum atomic E-state index is 11.7. The SMILES string of the molecule is CCN(CC)CCCNC(=O)CSc1nccn1C. The summed E-state index contributed by atoms with van der Waals surface area (Å²) in [7, 11) is 1.93. The number of carbonyl (C=O) groups is 1. The first-order valence-corrected chi connectivity index (χ1v) is 7.75. The van der Waals surface area contributed by atoms with Crippen molar-refractivity contribution in [1.29, 1.82) is 0 Å². The minimum atomic E-state index is 0.0764. The van der Waals surface area contributed by atoms with Crippen molar-refractivity contribution >= 4 is 17.7 Å². The number of aromatic nitrogens is 2. The molecule has 1 aromatic heterocycles. The molecule has 6 heteroatoms. The van der Waals surface area contributed by atoms with Gasteiger partial charge in [-0.15, -0.1) is 0 Å². The zero-order valence-corrected chi connectivity index (χ0v) is 12.9. The van der Waals surface area contributed by atoms with Gasteiger partial charge in [0.2, 0.25) is 5.91 Å². The molecule has 0 aromatic carbocycles. The Bertz CT molecular complexity index is 376. The topological polar surface area (TPSA) is 50.2 Å². The average Bonchev–Trinajstić information content (AvgIpc) is 2.82. The van der Waals surface area contributed by atoms with Gasteiger partial charge in [0.1, 0.15) is 0 Å². The van der Waals surface area contributed by atoms with Gasteiger partial charge in [0, 0.05) is 26.0 Å². The molecule has 1 aromatic rings. The van der Waals surface area contributed by atoms with Crippen LogP contribution in [-0.4, -0.2) is 52.3 Å². The summed E-state index contributed by atoms with van der Waals surface area (Å²) >= 11 is 1.46. The lowest BCUT2D eigenvalue weighted by Gasteiger charge is -2.17. The van der Waals surface area contributed by atoms with Crippen LogP contribution in [0.2, 0.25) is 0 Å². The molecule has 0 aliphatic rings. The van der Waals surface area contributed by atoms with E-state index in [4.69, 9.17) is 0 Å². The van der Waals surface area contributed by atoms with Gasteiger partial charge in [-0.3, -0.25) is 4.79 Å². The van der Waals surface area contributed by atoms with Crippen molar-refractivity contribution in [1.82, 2.24) is 19.8 Å². The van der Waals surface area contributed by atoms with Gasteiger partial charge in [0.15, 0.2) is 5.16 Å². The fourth-order valence-electron chi connectivity index (χ4n) is 1.74. The number of rotatable bonds is 9. The van der Waals surface area contributed by atoms with Gasteiger partial charge in [0.05, 0.1) is 5.75 Å². The first kappa shape index (κ1) is 16.0. The van der Waals surface area contributed by atoms with E-state index in [1.54, 1.807) is 6.20 Å². The lowest BCUT2D eigenvalue weighted by Crippen LogP contribution is -2.30. The van der Waals surface area contributed by atoms with Gasteiger partial charge in [-0.2, -0.15) is 0 Å². The lowest BCUT2D eigenvalue weighted by atomic mass is 10.3. The van der Waals surface area contributed by atoms with Crippen LogP contribution >= 0.6 is 11.8 Å². The van der Waals surface area contributed by atoms with Crippen LogP contribution < -0.4 is 5.32 Å². The minimum Gasteiger partial charge on any atom is -0.355 e. The lowest BCUT2D eigenvalue weighted by molar-refractivity contribution is -0.118. The number of thioether (sulfide) groups is 1. The van der Waals surface area contributed by atoms with Crippen LogP contribution in [-0.2, 0) is 11.8 Å². The van der Waals surface area contributed by atoms with Gasteiger partial charge in [0.25, 0.3) is 0 Å². The Morgan fingerprint density at radius 3 is 2.79 bits per heavy atom. The fourth-order valence-corrected chi connectivity index (χ4v) is 2.50. The van der Waals surface area contributed by atoms with Crippen molar-refractivity contribution in [2.45, 2.75) is 25.4 Å². The van der Waals surface area contributed by atoms with Crippen LogP contribution in [0.3, 0.4) is 0 Å². The van der Waals surface area contributed by atoms with E-state index in [2.05, 4.69) is 29.0 Å². The van der Waals surface area contributed by atoms with Crippen molar-refractivity contribution in [3.05, 3.63) is 12.4 Å². The van der Waals surface area contributed by atoms with E-state index in [1.165, 1.54) is 11.8 Å². The van der Waals surface area contributed by atoms with Gasteiger partial charge in [-0.25, -0.2) is 4.98 Å². The predicted molar refractivity (Wildman–Crippen MR) is 79.3 cm³/mol. The van der Waals surface area contributed by atoms with Gasteiger partial charge in [-0.05, 0) is 26.1 Å². The molecule has 0 saturated heterocycles. The number of imidazole rings is 1. The van der Waals surface area contributed by atoms with E-state index >= 15 is 0 Å². The number of nitrogens with zero attached hydrogens (tertiary/aromatic N) is 3. The van der Waals surface area contributed by atoms with Crippen LogP contribution in [0.5, 0.6) is 0 Å². The standard InChI is InChI=1S/C13H24N4OS/c1-4-17(5-2)9-6-7-14-12(18)11-19-13-15-8-10-16(13)3/h8,10H,4-7,9,11H2,1-3H3,(H,14,18). The smallest absolute Gasteiger partial charge is 0.230 e. The minimum absolute atomic E-state index is 0.0764.